The summed E-state index contributed by atoms with van der Waals surface area (Å²) in [6.45, 7) is 0.549. The molecule has 1 unspecified atom stereocenters. The van der Waals surface area contributed by atoms with Gasteiger partial charge < -0.3 is 4.74 Å². The first kappa shape index (κ1) is 12.6. The van der Waals surface area contributed by atoms with Gasteiger partial charge in [0.05, 0.1) is 17.7 Å². The summed E-state index contributed by atoms with van der Waals surface area (Å²) in [5.41, 5.74) is 3.27. The highest BCUT2D eigenvalue weighted by atomic mass is 16.9. The van der Waals surface area contributed by atoms with Crippen molar-refractivity contribution >= 4 is 23.0 Å². The fraction of sp³-hybridized carbons (Fsp3) is 0.364. The molecule has 1 fully saturated rings. The van der Waals surface area contributed by atoms with Crippen molar-refractivity contribution in [3.63, 3.8) is 0 Å². The van der Waals surface area contributed by atoms with Crippen molar-refractivity contribution in [2.24, 2.45) is 0 Å². The number of methoxy groups -OCH3 is 1. The molecule has 0 spiro atoms. The smallest absolute Gasteiger partial charge is 0.325 e. The van der Waals surface area contributed by atoms with Crippen molar-refractivity contribution in [1.82, 2.24) is 5.01 Å². The van der Waals surface area contributed by atoms with Crippen molar-refractivity contribution in [3.05, 3.63) is 28.3 Å². The Hall–Kier alpha value is -2.39. The van der Waals surface area contributed by atoms with Crippen LogP contribution in [-0.4, -0.2) is 35.6 Å². The van der Waals surface area contributed by atoms with Gasteiger partial charge in [-0.25, -0.2) is 5.48 Å². The van der Waals surface area contributed by atoms with E-state index in [1.165, 1.54) is 18.3 Å². The molecule has 1 atom stereocenters. The van der Waals surface area contributed by atoms with Crippen LogP contribution in [0.2, 0.25) is 0 Å². The number of benzene rings is 1. The molecule has 9 heteroatoms. The van der Waals surface area contributed by atoms with Crippen LogP contribution in [-0.2, 0) is 14.5 Å². The zero-order chi connectivity index (χ0) is 14.3. The van der Waals surface area contributed by atoms with Crippen LogP contribution in [0.25, 0.3) is 0 Å². The lowest BCUT2D eigenvalue weighted by Gasteiger charge is -2.42. The Labute approximate surface area is 113 Å². The van der Waals surface area contributed by atoms with Gasteiger partial charge in [0.25, 0.3) is 5.69 Å². The van der Waals surface area contributed by atoms with Gasteiger partial charge in [0, 0.05) is 12.6 Å². The van der Waals surface area contributed by atoms with Gasteiger partial charge in [0.15, 0.2) is 5.69 Å². The number of carbonyl (C=O) groups is 1. The van der Waals surface area contributed by atoms with Crippen LogP contribution in [0.5, 0.6) is 0 Å². The maximum absolute atomic E-state index is 11.6. The molecule has 1 aromatic carbocycles. The third-order valence-electron chi connectivity index (χ3n) is 3.34. The fourth-order valence-electron chi connectivity index (χ4n) is 2.25. The normalized spacial score (nSPS) is 20.9. The van der Waals surface area contributed by atoms with Gasteiger partial charge >= 0.3 is 5.97 Å². The van der Waals surface area contributed by atoms with Crippen LogP contribution in [0.1, 0.15) is 6.42 Å². The molecule has 0 bridgehead atoms. The number of fused-ring (bicyclic) bond motifs is 1. The van der Waals surface area contributed by atoms with Gasteiger partial charge in [-0.15, -0.1) is 10.1 Å². The number of esters is 1. The molecule has 1 saturated heterocycles. The lowest BCUT2D eigenvalue weighted by atomic mass is 10.1. The summed E-state index contributed by atoms with van der Waals surface area (Å²) in [6, 6.07) is 4.11. The predicted octanol–water partition coefficient (Wildman–Crippen LogP) is 0.836. The maximum Gasteiger partial charge on any atom is 0.325 e. The van der Waals surface area contributed by atoms with Crippen LogP contribution in [0.4, 0.5) is 17.1 Å². The van der Waals surface area contributed by atoms with Crippen molar-refractivity contribution in [2.45, 2.75) is 12.5 Å². The highest BCUT2D eigenvalue weighted by molar-refractivity contribution is 5.82. The van der Waals surface area contributed by atoms with Crippen molar-refractivity contribution in [2.75, 3.05) is 24.3 Å². The first-order chi connectivity index (χ1) is 9.63. The average Bonchev–Trinajstić information content (AvgIpc) is 2.81. The molecular weight excluding hydrogens is 268 g/mol. The lowest BCUT2D eigenvalue weighted by Crippen LogP contribution is -2.60. The molecular formula is C11H12N4O5. The molecule has 0 aliphatic carbocycles. The van der Waals surface area contributed by atoms with Crippen LogP contribution >= 0.6 is 0 Å². The molecule has 106 valence electrons. The van der Waals surface area contributed by atoms with Crippen LogP contribution in [0.15, 0.2) is 18.2 Å². The second-order valence-corrected chi connectivity index (χ2v) is 4.39. The van der Waals surface area contributed by atoms with Gasteiger partial charge in [-0.2, -0.15) is 5.01 Å². The molecule has 20 heavy (non-hydrogen) atoms. The number of hydrazine groups is 1. The molecule has 9 nitrogen and oxygen atoms in total. The summed E-state index contributed by atoms with van der Waals surface area (Å²) in [4.78, 5) is 27.4. The third-order valence-corrected chi connectivity index (χ3v) is 3.34. The number of nitro groups is 1. The Kier molecular flexibility index (Phi) is 2.92. The van der Waals surface area contributed by atoms with Crippen LogP contribution < -0.4 is 10.7 Å². The standard InChI is InChI=1S/C11H12N4O5/c1-19-11(16)9-5-6-13(9)14-10-7(12-20-14)3-2-4-8(10)15(17)18/h2-4,9,12H,5-6H2,1H3. The molecule has 1 aromatic rings. The summed E-state index contributed by atoms with van der Waals surface area (Å²) < 4.78 is 4.69. The number of ether oxygens (including phenoxy) is 1. The van der Waals surface area contributed by atoms with E-state index in [0.29, 0.717) is 18.7 Å². The molecule has 0 aromatic heterocycles. The second kappa shape index (κ2) is 4.62. The first-order valence-electron chi connectivity index (χ1n) is 5.98. The Bertz CT molecular complexity index is 578. The lowest BCUT2D eigenvalue weighted by molar-refractivity contribution is -0.384. The molecule has 2 heterocycles. The quantitative estimate of drug-likeness (QED) is 0.494. The number of nitro benzene ring substituents is 1. The zero-order valence-corrected chi connectivity index (χ0v) is 10.6. The Balaban J connectivity index is 1.93. The summed E-state index contributed by atoms with van der Waals surface area (Å²) in [5.74, 6) is -0.396. The predicted molar refractivity (Wildman–Crippen MR) is 67.4 cm³/mol. The van der Waals surface area contributed by atoms with E-state index in [1.807, 2.05) is 0 Å². The number of anilines is 2. The average molecular weight is 280 g/mol. The number of carbonyl (C=O) groups excluding carboxylic acids is 1. The second-order valence-electron chi connectivity index (χ2n) is 4.39. The SMILES string of the molecule is COC(=O)C1CCN1N1ONc2cccc([N+](=O)[O-])c21. The largest absolute Gasteiger partial charge is 0.468 e. The molecule has 0 amide bonds. The van der Waals surface area contributed by atoms with Crippen LogP contribution in [0.3, 0.4) is 0 Å². The van der Waals surface area contributed by atoms with Crippen molar-refractivity contribution in [3.8, 4) is 0 Å². The number of para-hydroxylation sites is 1. The topological polar surface area (TPSA) is 97.2 Å². The van der Waals surface area contributed by atoms with Crippen LogP contribution in [0, 0.1) is 10.1 Å². The van der Waals surface area contributed by atoms with Crippen molar-refractivity contribution < 1.29 is 19.4 Å². The maximum atomic E-state index is 11.6. The molecule has 2 aliphatic heterocycles. The molecule has 1 N–H and O–H groups in total. The van der Waals surface area contributed by atoms with Gasteiger partial charge in [0.1, 0.15) is 6.04 Å². The molecule has 3 rings (SSSR count). The van der Waals surface area contributed by atoms with Gasteiger partial charge in [0.2, 0.25) is 0 Å². The Morgan fingerprint density at radius 2 is 2.40 bits per heavy atom. The highest BCUT2D eigenvalue weighted by Gasteiger charge is 2.44. The van der Waals surface area contributed by atoms with Gasteiger partial charge in [-0.1, -0.05) is 6.07 Å². The Morgan fingerprint density at radius 1 is 1.60 bits per heavy atom. The van der Waals surface area contributed by atoms with Gasteiger partial charge in [-0.3, -0.25) is 14.9 Å². The van der Waals surface area contributed by atoms with E-state index in [0.717, 1.165) is 0 Å². The monoisotopic (exact) mass is 280 g/mol. The van der Waals surface area contributed by atoms with Gasteiger partial charge in [-0.05, 0) is 12.5 Å². The number of nitrogens with zero attached hydrogens (tertiary/aromatic N) is 3. The summed E-state index contributed by atoms with van der Waals surface area (Å²) in [6.07, 6.45) is 0.614. The first-order valence-corrected chi connectivity index (χ1v) is 5.98. The fourth-order valence-corrected chi connectivity index (χ4v) is 2.25. The summed E-state index contributed by atoms with van der Waals surface area (Å²) >= 11 is 0. The highest BCUT2D eigenvalue weighted by Crippen LogP contribution is 2.42. The minimum atomic E-state index is -0.493. The minimum absolute atomic E-state index is 0.0944. The van der Waals surface area contributed by atoms with E-state index in [2.05, 4.69) is 5.48 Å². The van der Waals surface area contributed by atoms with E-state index in [-0.39, 0.29) is 11.4 Å². The third kappa shape index (κ3) is 1.75. The van der Waals surface area contributed by atoms with E-state index in [1.54, 1.807) is 17.1 Å². The zero-order valence-electron chi connectivity index (χ0n) is 10.6. The van der Waals surface area contributed by atoms with Crippen molar-refractivity contribution in [1.29, 1.82) is 0 Å². The Morgan fingerprint density at radius 3 is 3.00 bits per heavy atom. The summed E-state index contributed by atoms with van der Waals surface area (Å²) in [7, 11) is 1.30. The molecule has 0 saturated carbocycles. The number of rotatable bonds is 3. The van der Waals surface area contributed by atoms with E-state index < -0.39 is 16.9 Å². The van der Waals surface area contributed by atoms with E-state index >= 15 is 0 Å². The van der Waals surface area contributed by atoms with E-state index in [4.69, 9.17) is 9.68 Å². The number of hydrogen-bond acceptors (Lipinski definition) is 8. The summed E-state index contributed by atoms with van der Waals surface area (Å²) in [5, 5.41) is 13.9. The molecule has 2 aliphatic rings. The minimum Gasteiger partial charge on any atom is -0.468 e. The van der Waals surface area contributed by atoms with E-state index in [9.17, 15) is 14.9 Å². The number of nitrogens with one attached hydrogen (secondary N) is 1. The number of hydrogen-bond donors (Lipinski definition) is 1. The molecule has 0 radical (unpaired) electrons.